The Kier molecular flexibility index (Phi) is 6.65. The zero-order valence-electron chi connectivity index (χ0n) is 15.1. The normalized spacial score (nSPS) is 12.2. The van der Waals surface area contributed by atoms with E-state index in [1.165, 1.54) is 62.4 Å². The minimum Gasteiger partial charge on any atom is -0.479 e. The van der Waals surface area contributed by atoms with Crippen LogP contribution in [-0.2, 0) is 14.3 Å². The van der Waals surface area contributed by atoms with Gasteiger partial charge < -0.3 is 14.8 Å². The Labute approximate surface area is 160 Å². The van der Waals surface area contributed by atoms with Gasteiger partial charge in [0.15, 0.2) is 12.2 Å². The van der Waals surface area contributed by atoms with Crippen molar-refractivity contribution in [1.82, 2.24) is 0 Å². The number of carbonyl (C=O) groups is 2. The molecule has 2 aromatic carbocycles. The number of benzene rings is 2. The molecule has 0 heterocycles. The molecule has 144 valence electrons. The van der Waals surface area contributed by atoms with Crippen molar-refractivity contribution in [3.05, 3.63) is 64.2 Å². The molecule has 0 saturated carbocycles. The lowest BCUT2D eigenvalue weighted by molar-refractivity contribution is -0.383. The predicted octanol–water partition coefficient (Wildman–Crippen LogP) is 2.80. The second-order valence-electron chi connectivity index (χ2n) is 5.74. The molecule has 9 heteroatoms. The standard InChI is InChI=1S/C19H17N3O6/c1-12(18(23)21-16-5-3-4-6-17(16)22(25)26)28-19(24)13(2)27-15-9-7-14(11-20)8-10-15/h3-10,12-13H,1-2H3,(H,21,23)/t12-,13-/m0/s1. The second-order valence-corrected chi connectivity index (χ2v) is 5.74. The minimum atomic E-state index is -1.20. The van der Waals surface area contributed by atoms with Crippen LogP contribution < -0.4 is 10.1 Å². The number of hydrogen-bond acceptors (Lipinski definition) is 7. The van der Waals surface area contributed by atoms with Gasteiger partial charge >= 0.3 is 5.97 Å². The highest BCUT2D eigenvalue weighted by Gasteiger charge is 2.25. The van der Waals surface area contributed by atoms with Crippen molar-refractivity contribution in [2.45, 2.75) is 26.1 Å². The van der Waals surface area contributed by atoms with E-state index >= 15 is 0 Å². The van der Waals surface area contributed by atoms with Crippen molar-refractivity contribution in [3.63, 3.8) is 0 Å². The summed E-state index contributed by atoms with van der Waals surface area (Å²) in [5, 5.41) is 22.1. The number of anilines is 1. The lowest BCUT2D eigenvalue weighted by Crippen LogP contribution is -2.35. The van der Waals surface area contributed by atoms with Crippen molar-refractivity contribution >= 4 is 23.3 Å². The van der Waals surface area contributed by atoms with Crippen LogP contribution in [0.15, 0.2) is 48.5 Å². The first-order chi connectivity index (χ1) is 13.3. The van der Waals surface area contributed by atoms with Crippen LogP contribution in [0.4, 0.5) is 11.4 Å². The Morgan fingerprint density at radius 1 is 1.11 bits per heavy atom. The summed E-state index contributed by atoms with van der Waals surface area (Å²) in [5.74, 6) is -1.14. The Hall–Kier alpha value is -3.93. The highest BCUT2D eigenvalue weighted by atomic mass is 16.6. The summed E-state index contributed by atoms with van der Waals surface area (Å²) >= 11 is 0. The summed E-state index contributed by atoms with van der Waals surface area (Å²) in [7, 11) is 0. The van der Waals surface area contributed by atoms with E-state index in [-0.39, 0.29) is 11.4 Å². The fourth-order valence-electron chi connectivity index (χ4n) is 2.16. The van der Waals surface area contributed by atoms with Crippen LogP contribution >= 0.6 is 0 Å². The number of para-hydroxylation sites is 2. The smallest absolute Gasteiger partial charge is 0.347 e. The summed E-state index contributed by atoms with van der Waals surface area (Å²) in [4.78, 5) is 34.7. The summed E-state index contributed by atoms with van der Waals surface area (Å²) < 4.78 is 10.5. The Balaban J connectivity index is 1.94. The van der Waals surface area contributed by atoms with Crippen LogP contribution in [0.3, 0.4) is 0 Å². The van der Waals surface area contributed by atoms with Crippen molar-refractivity contribution in [3.8, 4) is 11.8 Å². The van der Waals surface area contributed by atoms with Gasteiger partial charge in [0.05, 0.1) is 16.6 Å². The number of nitriles is 1. The van der Waals surface area contributed by atoms with Crippen LogP contribution in [0.5, 0.6) is 5.75 Å². The Morgan fingerprint density at radius 2 is 1.75 bits per heavy atom. The fraction of sp³-hybridized carbons (Fsp3) is 0.211. The first-order valence-electron chi connectivity index (χ1n) is 8.23. The molecular formula is C19H17N3O6. The van der Waals surface area contributed by atoms with Gasteiger partial charge in [0.2, 0.25) is 0 Å². The molecule has 0 aliphatic rings. The zero-order valence-corrected chi connectivity index (χ0v) is 15.1. The molecular weight excluding hydrogens is 366 g/mol. The van der Waals surface area contributed by atoms with Gasteiger partial charge in [-0.05, 0) is 44.2 Å². The third kappa shape index (κ3) is 5.28. The largest absolute Gasteiger partial charge is 0.479 e. The van der Waals surface area contributed by atoms with Crippen LogP contribution in [0, 0.1) is 21.4 Å². The molecule has 0 unspecified atom stereocenters. The molecule has 0 radical (unpaired) electrons. The second kappa shape index (κ2) is 9.14. The van der Waals surface area contributed by atoms with E-state index < -0.39 is 29.0 Å². The molecule has 9 nitrogen and oxygen atoms in total. The van der Waals surface area contributed by atoms with Crippen LogP contribution in [0.25, 0.3) is 0 Å². The molecule has 28 heavy (non-hydrogen) atoms. The maximum Gasteiger partial charge on any atom is 0.347 e. The van der Waals surface area contributed by atoms with Crippen molar-refractivity contribution < 1.29 is 24.0 Å². The first kappa shape index (κ1) is 20.4. The number of nitrogens with zero attached hydrogens (tertiary/aromatic N) is 2. The van der Waals surface area contributed by atoms with Crippen molar-refractivity contribution in [1.29, 1.82) is 5.26 Å². The average Bonchev–Trinajstić information content (AvgIpc) is 2.68. The molecule has 0 fully saturated rings. The van der Waals surface area contributed by atoms with Crippen LogP contribution in [0.2, 0.25) is 0 Å². The molecule has 0 aliphatic carbocycles. The number of nitro groups is 1. The maximum absolute atomic E-state index is 12.2. The molecule has 0 aromatic heterocycles. The number of esters is 1. The highest BCUT2D eigenvalue weighted by molar-refractivity contribution is 5.97. The lowest BCUT2D eigenvalue weighted by atomic mass is 10.2. The van der Waals surface area contributed by atoms with E-state index in [1.54, 1.807) is 0 Å². The third-order valence-electron chi connectivity index (χ3n) is 3.65. The maximum atomic E-state index is 12.2. The van der Waals surface area contributed by atoms with E-state index in [4.69, 9.17) is 14.7 Å². The topological polar surface area (TPSA) is 132 Å². The lowest BCUT2D eigenvalue weighted by Gasteiger charge is -2.17. The van der Waals surface area contributed by atoms with Gasteiger partial charge in [-0.15, -0.1) is 0 Å². The number of nitrogens with one attached hydrogen (secondary N) is 1. The van der Waals surface area contributed by atoms with Crippen molar-refractivity contribution in [2.24, 2.45) is 0 Å². The fourth-order valence-corrected chi connectivity index (χ4v) is 2.16. The number of rotatable bonds is 7. The van der Waals surface area contributed by atoms with E-state index in [0.717, 1.165) is 0 Å². The van der Waals surface area contributed by atoms with Gasteiger partial charge in [0.25, 0.3) is 11.6 Å². The van der Waals surface area contributed by atoms with Crippen LogP contribution in [-0.4, -0.2) is 29.0 Å². The minimum absolute atomic E-state index is 0.00211. The Morgan fingerprint density at radius 3 is 2.36 bits per heavy atom. The molecule has 0 spiro atoms. The molecule has 2 rings (SSSR count). The molecule has 0 bridgehead atoms. The monoisotopic (exact) mass is 383 g/mol. The summed E-state index contributed by atoms with van der Waals surface area (Å²) in [5.41, 5.74) is 0.178. The molecule has 1 N–H and O–H groups in total. The van der Waals surface area contributed by atoms with E-state index in [1.807, 2.05) is 6.07 Å². The van der Waals surface area contributed by atoms with Crippen molar-refractivity contribution in [2.75, 3.05) is 5.32 Å². The first-order valence-corrected chi connectivity index (χ1v) is 8.23. The molecule has 0 saturated heterocycles. The molecule has 1 amide bonds. The SMILES string of the molecule is C[C@H](OC(=O)[C@H](C)Oc1ccc(C#N)cc1)C(=O)Nc1ccccc1[N+](=O)[O-]. The van der Waals surface area contributed by atoms with Gasteiger partial charge in [0.1, 0.15) is 11.4 Å². The summed E-state index contributed by atoms with van der Waals surface area (Å²) in [6, 6.07) is 13.7. The highest BCUT2D eigenvalue weighted by Crippen LogP contribution is 2.23. The number of amides is 1. The number of hydrogen-bond donors (Lipinski definition) is 1. The molecule has 2 atom stereocenters. The third-order valence-corrected chi connectivity index (χ3v) is 3.65. The molecule has 2 aromatic rings. The van der Waals surface area contributed by atoms with Gasteiger partial charge in [-0.25, -0.2) is 4.79 Å². The van der Waals surface area contributed by atoms with Gasteiger partial charge in [-0.1, -0.05) is 12.1 Å². The predicted molar refractivity (Wildman–Crippen MR) is 98.5 cm³/mol. The van der Waals surface area contributed by atoms with Gasteiger partial charge in [-0.2, -0.15) is 5.26 Å². The number of ether oxygens (including phenoxy) is 2. The van der Waals surface area contributed by atoms with E-state index in [9.17, 15) is 19.7 Å². The van der Waals surface area contributed by atoms with Gasteiger partial charge in [0, 0.05) is 6.07 Å². The number of carbonyl (C=O) groups excluding carboxylic acids is 2. The average molecular weight is 383 g/mol. The van der Waals surface area contributed by atoms with Gasteiger partial charge in [-0.3, -0.25) is 14.9 Å². The van der Waals surface area contributed by atoms with E-state index in [2.05, 4.69) is 5.32 Å². The quantitative estimate of drug-likeness (QED) is 0.442. The molecule has 0 aliphatic heterocycles. The Bertz CT molecular complexity index is 920. The summed E-state index contributed by atoms with van der Waals surface area (Å²) in [6.07, 6.45) is -2.20. The summed E-state index contributed by atoms with van der Waals surface area (Å²) in [6.45, 7) is 2.80. The van der Waals surface area contributed by atoms with Crippen LogP contribution in [0.1, 0.15) is 19.4 Å². The number of nitro benzene ring substituents is 1. The zero-order chi connectivity index (χ0) is 20.7. The van der Waals surface area contributed by atoms with E-state index in [0.29, 0.717) is 11.3 Å².